The van der Waals surface area contributed by atoms with Crippen LogP contribution in [0, 0.1) is 0 Å². The van der Waals surface area contributed by atoms with Gasteiger partial charge in [0.1, 0.15) is 4.90 Å². The highest BCUT2D eigenvalue weighted by Crippen LogP contribution is 2.33. The first-order valence-electron chi connectivity index (χ1n) is 7.31. The van der Waals surface area contributed by atoms with Crippen LogP contribution in [0.3, 0.4) is 0 Å². The minimum absolute atomic E-state index is 0.0389. The standard InChI is InChI=1S/C14H15F3N4O2S2/c15-14(16,17)12-9-24-13(19-12)21-7-5-20(6-8-21)10-3-1-2-4-11(10)25(18,22)23/h1-4,9H,5-8H2,(H2,18,22,23). The summed E-state index contributed by atoms with van der Waals surface area (Å²) >= 11 is 0.948. The van der Waals surface area contributed by atoms with Crippen LogP contribution >= 0.6 is 11.3 Å². The van der Waals surface area contributed by atoms with Gasteiger partial charge in [0.2, 0.25) is 10.0 Å². The molecule has 1 fully saturated rings. The third-order valence-electron chi connectivity index (χ3n) is 3.85. The lowest BCUT2D eigenvalue weighted by Gasteiger charge is -2.36. The number of aromatic nitrogens is 1. The lowest BCUT2D eigenvalue weighted by Crippen LogP contribution is -2.47. The van der Waals surface area contributed by atoms with Crippen molar-refractivity contribution in [2.45, 2.75) is 11.1 Å². The Hall–Kier alpha value is -1.85. The van der Waals surface area contributed by atoms with Crippen LogP contribution in [0.5, 0.6) is 0 Å². The molecule has 1 aliphatic heterocycles. The summed E-state index contributed by atoms with van der Waals surface area (Å²) < 4.78 is 61.4. The van der Waals surface area contributed by atoms with E-state index in [-0.39, 0.29) is 4.90 Å². The number of benzene rings is 1. The van der Waals surface area contributed by atoms with Crippen LogP contribution in [0.4, 0.5) is 24.0 Å². The maximum Gasteiger partial charge on any atom is 0.434 e. The molecule has 0 aliphatic carbocycles. The fraction of sp³-hybridized carbons (Fsp3) is 0.357. The van der Waals surface area contributed by atoms with Gasteiger partial charge in [-0.2, -0.15) is 13.2 Å². The molecule has 1 aliphatic rings. The molecule has 0 saturated carbocycles. The number of primary sulfonamides is 1. The van der Waals surface area contributed by atoms with E-state index >= 15 is 0 Å². The van der Waals surface area contributed by atoms with Gasteiger partial charge in [0.25, 0.3) is 0 Å². The number of anilines is 2. The van der Waals surface area contributed by atoms with Crippen LogP contribution < -0.4 is 14.9 Å². The van der Waals surface area contributed by atoms with Crippen LogP contribution in [0.1, 0.15) is 5.69 Å². The maximum atomic E-state index is 12.7. The van der Waals surface area contributed by atoms with Crippen molar-refractivity contribution in [1.82, 2.24) is 4.98 Å². The Morgan fingerprint density at radius 1 is 1.08 bits per heavy atom. The van der Waals surface area contributed by atoms with Crippen LogP contribution in [-0.4, -0.2) is 39.6 Å². The van der Waals surface area contributed by atoms with Gasteiger partial charge in [-0.05, 0) is 12.1 Å². The van der Waals surface area contributed by atoms with Crippen LogP contribution in [-0.2, 0) is 16.2 Å². The predicted molar refractivity (Wildman–Crippen MR) is 89.4 cm³/mol. The fourth-order valence-electron chi connectivity index (χ4n) is 2.64. The number of nitrogens with zero attached hydrogens (tertiary/aromatic N) is 3. The zero-order valence-corrected chi connectivity index (χ0v) is 14.5. The molecule has 0 amide bonds. The molecule has 25 heavy (non-hydrogen) atoms. The number of sulfonamides is 1. The Bertz CT molecular complexity index is 859. The van der Waals surface area contributed by atoms with E-state index in [9.17, 15) is 21.6 Å². The molecule has 0 bridgehead atoms. The highest BCUT2D eigenvalue weighted by atomic mass is 32.2. The van der Waals surface area contributed by atoms with Crippen molar-refractivity contribution in [2.24, 2.45) is 5.14 Å². The number of piperazine rings is 1. The highest BCUT2D eigenvalue weighted by Gasteiger charge is 2.34. The van der Waals surface area contributed by atoms with Gasteiger partial charge in [-0.3, -0.25) is 0 Å². The molecular weight excluding hydrogens is 377 g/mol. The summed E-state index contributed by atoms with van der Waals surface area (Å²) in [6, 6.07) is 6.41. The molecule has 1 saturated heterocycles. The van der Waals surface area contributed by atoms with Gasteiger partial charge in [0.15, 0.2) is 10.8 Å². The SMILES string of the molecule is NS(=O)(=O)c1ccccc1N1CCN(c2nc(C(F)(F)F)cs2)CC1. The molecule has 2 heterocycles. The first-order chi connectivity index (χ1) is 11.7. The zero-order valence-electron chi connectivity index (χ0n) is 12.9. The minimum Gasteiger partial charge on any atom is -0.367 e. The molecule has 0 radical (unpaired) electrons. The van der Waals surface area contributed by atoms with E-state index in [4.69, 9.17) is 5.14 Å². The van der Waals surface area contributed by atoms with Crippen molar-refractivity contribution in [3.63, 3.8) is 0 Å². The number of rotatable bonds is 3. The summed E-state index contributed by atoms with van der Waals surface area (Å²) in [5.74, 6) is 0. The molecule has 11 heteroatoms. The van der Waals surface area contributed by atoms with Crippen LogP contribution in [0.15, 0.2) is 34.5 Å². The largest absolute Gasteiger partial charge is 0.434 e. The van der Waals surface area contributed by atoms with E-state index in [0.29, 0.717) is 37.0 Å². The molecule has 2 N–H and O–H groups in total. The third-order valence-corrected chi connectivity index (χ3v) is 5.70. The number of nitrogens with two attached hydrogens (primary N) is 1. The number of alkyl halides is 3. The number of halogens is 3. The van der Waals surface area contributed by atoms with E-state index in [1.807, 2.05) is 4.90 Å². The Morgan fingerprint density at radius 2 is 1.68 bits per heavy atom. The lowest BCUT2D eigenvalue weighted by atomic mass is 10.2. The van der Waals surface area contributed by atoms with Gasteiger partial charge >= 0.3 is 6.18 Å². The number of hydrogen-bond acceptors (Lipinski definition) is 6. The Balaban J connectivity index is 1.74. The molecule has 3 rings (SSSR count). The lowest BCUT2D eigenvalue weighted by molar-refractivity contribution is -0.140. The predicted octanol–water partition coefficient (Wildman–Crippen LogP) is 2.14. The summed E-state index contributed by atoms with van der Waals surface area (Å²) in [6.45, 7) is 1.77. The van der Waals surface area contributed by atoms with Gasteiger partial charge in [-0.25, -0.2) is 18.5 Å². The van der Waals surface area contributed by atoms with Crippen molar-refractivity contribution in [2.75, 3.05) is 36.0 Å². The number of para-hydroxylation sites is 1. The van der Waals surface area contributed by atoms with Crippen molar-refractivity contribution < 1.29 is 21.6 Å². The van der Waals surface area contributed by atoms with E-state index in [1.54, 1.807) is 23.1 Å². The van der Waals surface area contributed by atoms with Crippen LogP contribution in [0.25, 0.3) is 0 Å². The smallest absolute Gasteiger partial charge is 0.367 e. The van der Waals surface area contributed by atoms with E-state index in [1.165, 1.54) is 6.07 Å². The van der Waals surface area contributed by atoms with E-state index in [0.717, 1.165) is 16.7 Å². The van der Waals surface area contributed by atoms with Gasteiger partial charge in [0, 0.05) is 31.6 Å². The average molecular weight is 392 g/mol. The summed E-state index contributed by atoms with van der Waals surface area (Å²) in [5.41, 5.74) is -0.394. The molecule has 0 atom stereocenters. The monoisotopic (exact) mass is 392 g/mol. The zero-order chi connectivity index (χ0) is 18.2. The second kappa shape index (κ2) is 6.46. The second-order valence-corrected chi connectivity index (χ2v) is 7.87. The second-order valence-electron chi connectivity index (χ2n) is 5.50. The van der Waals surface area contributed by atoms with Gasteiger partial charge < -0.3 is 9.80 Å². The van der Waals surface area contributed by atoms with Crippen LogP contribution in [0.2, 0.25) is 0 Å². The fourth-order valence-corrected chi connectivity index (χ4v) is 4.28. The number of thiazole rings is 1. The summed E-state index contributed by atoms with van der Waals surface area (Å²) in [5, 5.41) is 6.56. The van der Waals surface area contributed by atoms with E-state index in [2.05, 4.69) is 4.98 Å². The molecule has 0 unspecified atom stereocenters. The molecule has 6 nitrogen and oxygen atoms in total. The third kappa shape index (κ3) is 3.88. The maximum absolute atomic E-state index is 12.7. The molecule has 0 spiro atoms. The Labute approximate surface area is 146 Å². The quantitative estimate of drug-likeness (QED) is 0.866. The molecule has 1 aromatic heterocycles. The first kappa shape index (κ1) is 18.0. The first-order valence-corrected chi connectivity index (χ1v) is 9.73. The average Bonchev–Trinajstić information content (AvgIpc) is 3.04. The summed E-state index contributed by atoms with van der Waals surface area (Å²) in [7, 11) is -3.85. The van der Waals surface area contributed by atoms with Gasteiger partial charge in [0.05, 0.1) is 5.69 Å². The normalized spacial score (nSPS) is 16.3. The van der Waals surface area contributed by atoms with Crippen molar-refractivity contribution >= 4 is 32.2 Å². The highest BCUT2D eigenvalue weighted by molar-refractivity contribution is 7.89. The topological polar surface area (TPSA) is 79.5 Å². The van der Waals surface area contributed by atoms with Gasteiger partial charge in [-0.1, -0.05) is 12.1 Å². The van der Waals surface area contributed by atoms with Crippen molar-refractivity contribution in [3.05, 3.63) is 35.3 Å². The Morgan fingerprint density at radius 3 is 2.24 bits per heavy atom. The summed E-state index contributed by atoms with van der Waals surface area (Å²) in [6.07, 6.45) is -4.45. The molecular formula is C14H15F3N4O2S2. The van der Waals surface area contributed by atoms with E-state index < -0.39 is 21.9 Å². The van der Waals surface area contributed by atoms with Gasteiger partial charge in [-0.15, -0.1) is 11.3 Å². The van der Waals surface area contributed by atoms with Crippen molar-refractivity contribution in [1.29, 1.82) is 0 Å². The molecule has 1 aromatic carbocycles. The molecule has 2 aromatic rings. The minimum atomic E-state index is -4.45. The Kier molecular flexibility index (Phi) is 4.64. The number of hydrogen-bond donors (Lipinski definition) is 1. The molecule has 136 valence electrons. The summed E-state index contributed by atoms with van der Waals surface area (Å²) in [4.78, 5) is 7.30. The van der Waals surface area contributed by atoms with Crippen molar-refractivity contribution in [3.8, 4) is 0 Å².